The van der Waals surface area contributed by atoms with Crippen molar-refractivity contribution in [3.63, 3.8) is 0 Å². The maximum Gasteiger partial charge on any atom is 0.251 e. The molecule has 24 heavy (non-hydrogen) atoms. The number of carbonyl (C=O) groups excluding carboxylic acids is 2. The van der Waals surface area contributed by atoms with E-state index in [2.05, 4.69) is 10.6 Å². The van der Waals surface area contributed by atoms with Gasteiger partial charge in [-0.1, -0.05) is 13.8 Å². The van der Waals surface area contributed by atoms with Crippen LogP contribution in [-0.4, -0.2) is 48.9 Å². The van der Waals surface area contributed by atoms with Gasteiger partial charge in [0.2, 0.25) is 5.91 Å². The third-order valence-electron chi connectivity index (χ3n) is 4.54. The second kappa shape index (κ2) is 8.24. The minimum atomic E-state index is -0.575. The summed E-state index contributed by atoms with van der Waals surface area (Å²) in [5, 5.41) is 6.04. The number of halogens is 1. The van der Waals surface area contributed by atoms with E-state index in [1.807, 2.05) is 25.8 Å². The van der Waals surface area contributed by atoms with Crippen molar-refractivity contribution in [3.8, 4) is 0 Å². The maximum atomic E-state index is 13.0. The highest BCUT2D eigenvalue weighted by atomic mass is 19.1. The molecule has 1 aliphatic rings. The number of rotatable bonds is 5. The maximum absolute atomic E-state index is 13.0. The third kappa shape index (κ3) is 4.54. The molecule has 0 aromatic heterocycles. The Morgan fingerprint density at radius 2 is 1.75 bits per heavy atom. The van der Waals surface area contributed by atoms with Crippen LogP contribution in [0.4, 0.5) is 4.39 Å². The van der Waals surface area contributed by atoms with Gasteiger partial charge in [0.25, 0.3) is 5.91 Å². The molecule has 0 radical (unpaired) electrons. The Kier molecular flexibility index (Phi) is 6.31. The Balaban J connectivity index is 2.02. The molecule has 1 aromatic carbocycles. The molecule has 2 amide bonds. The van der Waals surface area contributed by atoms with Gasteiger partial charge in [0.15, 0.2) is 0 Å². The Bertz CT molecular complexity index is 566. The van der Waals surface area contributed by atoms with E-state index in [1.165, 1.54) is 24.3 Å². The first-order valence-electron chi connectivity index (χ1n) is 8.45. The van der Waals surface area contributed by atoms with Crippen molar-refractivity contribution in [2.75, 3.05) is 20.1 Å². The first-order valence-corrected chi connectivity index (χ1v) is 8.45. The van der Waals surface area contributed by atoms with Gasteiger partial charge in [-0.15, -0.1) is 0 Å². The molecule has 1 aromatic rings. The molecule has 1 unspecified atom stereocenters. The van der Waals surface area contributed by atoms with Gasteiger partial charge >= 0.3 is 0 Å². The van der Waals surface area contributed by atoms with Crippen LogP contribution in [0.25, 0.3) is 0 Å². The zero-order valence-electron chi connectivity index (χ0n) is 14.5. The van der Waals surface area contributed by atoms with Crippen LogP contribution in [0.1, 0.15) is 37.0 Å². The van der Waals surface area contributed by atoms with E-state index in [0.29, 0.717) is 24.7 Å². The van der Waals surface area contributed by atoms with E-state index in [0.717, 1.165) is 12.8 Å². The fraction of sp³-hybridized carbons (Fsp3) is 0.556. The minimum Gasteiger partial charge on any atom is -0.341 e. The number of piperidine rings is 1. The van der Waals surface area contributed by atoms with Crippen LogP contribution in [0.2, 0.25) is 0 Å². The van der Waals surface area contributed by atoms with Gasteiger partial charge < -0.3 is 15.5 Å². The van der Waals surface area contributed by atoms with Gasteiger partial charge in [-0.25, -0.2) is 4.39 Å². The lowest BCUT2D eigenvalue weighted by molar-refractivity contribution is -0.135. The van der Waals surface area contributed by atoms with Gasteiger partial charge in [-0.05, 0) is 50.1 Å². The van der Waals surface area contributed by atoms with Gasteiger partial charge in [0.1, 0.15) is 11.9 Å². The molecule has 2 rings (SSSR count). The fourth-order valence-electron chi connectivity index (χ4n) is 2.92. The lowest BCUT2D eigenvalue weighted by atomic mass is 9.99. The van der Waals surface area contributed by atoms with E-state index in [4.69, 9.17) is 0 Å². The third-order valence-corrected chi connectivity index (χ3v) is 4.54. The summed E-state index contributed by atoms with van der Waals surface area (Å²) in [6.45, 7) is 5.21. The number of carbonyl (C=O) groups is 2. The van der Waals surface area contributed by atoms with Crippen molar-refractivity contribution < 1.29 is 14.0 Å². The topological polar surface area (TPSA) is 61.4 Å². The van der Waals surface area contributed by atoms with Crippen LogP contribution in [-0.2, 0) is 4.79 Å². The molecule has 6 heteroatoms. The van der Waals surface area contributed by atoms with E-state index in [-0.39, 0.29) is 17.7 Å². The fourth-order valence-corrected chi connectivity index (χ4v) is 2.92. The molecule has 132 valence electrons. The van der Waals surface area contributed by atoms with E-state index >= 15 is 0 Å². The van der Waals surface area contributed by atoms with Crippen LogP contribution in [0.3, 0.4) is 0 Å². The summed E-state index contributed by atoms with van der Waals surface area (Å²) in [5.74, 6) is -0.818. The second-order valence-electron chi connectivity index (χ2n) is 6.59. The van der Waals surface area contributed by atoms with Crippen LogP contribution < -0.4 is 10.6 Å². The second-order valence-corrected chi connectivity index (χ2v) is 6.59. The average Bonchev–Trinajstić information content (AvgIpc) is 2.59. The minimum absolute atomic E-state index is 0.0241. The summed E-state index contributed by atoms with van der Waals surface area (Å²) in [6, 6.07) is 5.19. The lowest BCUT2D eigenvalue weighted by Gasteiger charge is -2.35. The summed E-state index contributed by atoms with van der Waals surface area (Å²) in [4.78, 5) is 27.0. The van der Waals surface area contributed by atoms with Crippen LogP contribution >= 0.6 is 0 Å². The van der Waals surface area contributed by atoms with E-state index < -0.39 is 11.9 Å². The van der Waals surface area contributed by atoms with Crippen molar-refractivity contribution in [2.24, 2.45) is 5.92 Å². The molecular weight excluding hydrogens is 309 g/mol. The van der Waals surface area contributed by atoms with Crippen molar-refractivity contribution in [1.82, 2.24) is 15.5 Å². The van der Waals surface area contributed by atoms with Crippen LogP contribution in [0, 0.1) is 11.7 Å². The highest BCUT2D eigenvalue weighted by Crippen LogP contribution is 2.15. The SMILES string of the molecule is CNC1CCN(C(=O)C(NC(=O)c2ccc(F)cc2)C(C)C)CC1. The highest BCUT2D eigenvalue weighted by Gasteiger charge is 2.31. The molecule has 1 fully saturated rings. The Morgan fingerprint density at radius 3 is 2.25 bits per heavy atom. The lowest BCUT2D eigenvalue weighted by Crippen LogP contribution is -2.54. The van der Waals surface area contributed by atoms with Crippen molar-refractivity contribution in [2.45, 2.75) is 38.8 Å². The Morgan fingerprint density at radius 1 is 1.17 bits per heavy atom. The quantitative estimate of drug-likeness (QED) is 0.862. The van der Waals surface area contributed by atoms with E-state index in [1.54, 1.807) is 0 Å². The summed E-state index contributed by atoms with van der Waals surface area (Å²) < 4.78 is 13.0. The molecule has 5 nitrogen and oxygen atoms in total. The normalized spacial score (nSPS) is 17.0. The standard InChI is InChI=1S/C18H26FN3O2/c1-12(2)16(18(24)22-10-8-15(20-3)9-11-22)21-17(23)13-4-6-14(19)7-5-13/h4-7,12,15-16,20H,8-11H2,1-3H3,(H,21,23). The average molecular weight is 335 g/mol. The predicted octanol–water partition coefficient (Wildman–Crippen LogP) is 1.79. The summed E-state index contributed by atoms with van der Waals surface area (Å²) in [5.41, 5.74) is 0.351. The largest absolute Gasteiger partial charge is 0.341 e. The molecule has 1 atom stereocenters. The summed E-state index contributed by atoms with van der Waals surface area (Å²) >= 11 is 0. The van der Waals surface area contributed by atoms with Gasteiger partial charge in [-0.2, -0.15) is 0 Å². The Hall–Kier alpha value is -1.95. The molecule has 0 aliphatic carbocycles. The first-order chi connectivity index (χ1) is 11.4. The molecule has 1 saturated heterocycles. The number of hydrogen-bond donors (Lipinski definition) is 2. The van der Waals surface area contributed by atoms with Gasteiger partial charge in [0, 0.05) is 24.7 Å². The molecule has 0 saturated carbocycles. The zero-order chi connectivity index (χ0) is 17.7. The molecule has 2 N–H and O–H groups in total. The molecular formula is C18H26FN3O2. The summed E-state index contributed by atoms with van der Waals surface area (Å²) in [6.07, 6.45) is 1.83. The molecule has 0 spiro atoms. The van der Waals surface area contributed by atoms with Crippen molar-refractivity contribution in [3.05, 3.63) is 35.6 Å². The van der Waals surface area contributed by atoms with E-state index in [9.17, 15) is 14.0 Å². The number of likely N-dealkylation sites (tertiary alicyclic amines) is 1. The molecule has 1 aliphatic heterocycles. The van der Waals surface area contributed by atoms with Gasteiger partial charge in [0.05, 0.1) is 0 Å². The van der Waals surface area contributed by atoms with Crippen molar-refractivity contribution in [1.29, 1.82) is 0 Å². The van der Waals surface area contributed by atoms with Crippen LogP contribution in [0.5, 0.6) is 0 Å². The molecule has 0 bridgehead atoms. The number of nitrogens with one attached hydrogen (secondary N) is 2. The monoisotopic (exact) mass is 335 g/mol. The highest BCUT2D eigenvalue weighted by molar-refractivity contribution is 5.97. The Labute approximate surface area is 142 Å². The number of benzene rings is 1. The van der Waals surface area contributed by atoms with Crippen LogP contribution in [0.15, 0.2) is 24.3 Å². The number of nitrogens with zero attached hydrogens (tertiary/aromatic N) is 1. The number of hydrogen-bond acceptors (Lipinski definition) is 3. The smallest absolute Gasteiger partial charge is 0.251 e. The zero-order valence-corrected chi connectivity index (χ0v) is 14.5. The number of amides is 2. The summed E-state index contributed by atoms with van der Waals surface area (Å²) in [7, 11) is 1.93. The molecule has 1 heterocycles. The first kappa shape index (κ1) is 18.4. The predicted molar refractivity (Wildman–Crippen MR) is 91.2 cm³/mol. The van der Waals surface area contributed by atoms with Gasteiger partial charge in [-0.3, -0.25) is 9.59 Å². The van der Waals surface area contributed by atoms with Crippen molar-refractivity contribution >= 4 is 11.8 Å².